The fraction of sp³-hybridized carbons (Fsp3) is 0.571. The molecule has 1 aliphatic heterocycles. The Kier molecular flexibility index (Phi) is 8.92. The summed E-state index contributed by atoms with van der Waals surface area (Å²) in [6, 6.07) is 8.60. The van der Waals surface area contributed by atoms with Gasteiger partial charge in [-0.2, -0.15) is 0 Å². The van der Waals surface area contributed by atoms with Crippen LogP contribution in [0.15, 0.2) is 24.3 Å². The number of carboxylic acids is 2. The molecule has 29 heavy (non-hydrogen) atoms. The van der Waals surface area contributed by atoms with Crippen LogP contribution in [-0.4, -0.2) is 76.7 Å². The number of hydrogen-bond acceptors (Lipinski definition) is 5. The lowest BCUT2D eigenvalue weighted by Gasteiger charge is -2.40. The molecule has 8 nitrogen and oxygen atoms in total. The largest absolute Gasteiger partial charge is 0.484 e. The van der Waals surface area contributed by atoms with Crippen LogP contribution in [0.25, 0.3) is 0 Å². The third-order valence-corrected chi connectivity index (χ3v) is 5.32. The molecular formula is C21H30N2O6. The lowest BCUT2D eigenvalue weighted by Crippen LogP contribution is -2.53. The summed E-state index contributed by atoms with van der Waals surface area (Å²) in [5.74, 6) is -2.77. The van der Waals surface area contributed by atoms with E-state index in [1.54, 1.807) is 0 Å². The maximum Gasteiger partial charge on any atom is 0.414 e. The number of aliphatic carboxylic acids is 2. The molecule has 1 saturated heterocycles. The molecule has 0 aromatic heterocycles. The molecule has 0 spiro atoms. The highest BCUT2D eigenvalue weighted by Crippen LogP contribution is 2.23. The number of piperazine rings is 1. The van der Waals surface area contributed by atoms with E-state index in [0.717, 1.165) is 38.0 Å². The van der Waals surface area contributed by atoms with Crippen LogP contribution in [0.2, 0.25) is 0 Å². The van der Waals surface area contributed by atoms with Crippen molar-refractivity contribution in [3.05, 3.63) is 29.8 Å². The average Bonchev–Trinajstić information content (AvgIpc) is 2.74. The lowest BCUT2D eigenvalue weighted by atomic mass is 9.94. The van der Waals surface area contributed by atoms with E-state index in [1.807, 2.05) is 36.1 Å². The minimum absolute atomic E-state index is 0.105. The number of carbonyl (C=O) groups excluding carboxylic acids is 1. The molecule has 160 valence electrons. The van der Waals surface area contributed by atoms with Gasteiger partial charge >= 0.3 is 11.9 Å². The van der Waals surface area contributed by atoms with E-state index in [9.17, 15) is 4.79 Å². The molecular weight excluding hydrogens is 376 g/mol. The summed E-state index contributed by atoms with van der Waals surface area (Å²) in [6.07, 6.45) is 6.81. The van der Waals surface area contributed by atoms with Crippen molar-refractivity contribution in [2.75, 3.05) is 32.8 Å². The zero-order chi connectivity index (χ0) is 21.2. The highest BCUT2D eigenvalue weighted by molar-refractivity contribution is 6.27. The summed E-state index contributed by atoms with van der Waals surface area (Å²) in [6.45, 7) is 5.90. The maximum atomic E-state index is 12.3. The van der Waals surface area contributed by atoms with E-state index >= 15 is 0 Å². The highest BCUT2D eigenvalue weighted by atomic mass is 16.5. The van der Waals surface area contributed by atoms with Gasteiger partial charge in [0.2, 0.25) is 0 Å². The summed E-state index contributed by atoms with van der Waals surface area (Å²) in [5, 5.41) is 14.8. The number of carboxylic acid groups (broad SMARTS) is 2. The second-order valence-electron chi connectivity index (χ2n) is 7.42. The van der Waals surface area contributed by atoms with Crippen molar-refractivity contribution in [3.63, 3.8) is 0 Å². The van der Waals surface area contributed by atoms with Crippen LogP contribution in [0.3, 0.4) is 0 Å². The Morgan fingerprint density at radius 1 is 0.931 bits per heavy atom. The Bertz CT molecular complexity index is 665. The van der Waals surface area contributed by atoms with Gasteiger partial charge < -0.3 is 19.8 Å². The molecule has 2 aliphatic rings. The van der Waals surface area contributed by atoms with E-state index in [2.05, 4.69) is 4.90 Å². The van der Waals surface area contributed by atoms with Crippen molar-refractivity contribution < 1.29 is 29.3 Å². The van der Waals surface area contributed by atoms with Crippen molar-refractivity contribution in [2.24, 2.45) is 0 Å². The molecule has 1 aromatic carbocycles. The van der Waals surface area contributed by atoms with Crippen LogP contribution in [0.4, 0.5) is 0 Å². The topological polar surface area (TPSA) is 107 Å². The fourth-order valence-electron chi connectivity index (χ4n) is 3.65. The van der Waals surface area contributed by atoms with Gasteiger partial charge in [0.25, 0.3) is 5.91 Å². The van der Waals surface area contributed by atoms with Gasteiger partial charge in [-0.15, -0.1) is 0 Å². The van der Waals surface area contributed by atoms with Gasteiger partial charge in [-0.05, 0) is 31.9 Å². The van der Waals surface area contributed by atoms with Crippen molar-refractivity contribution in [3.8, 4) is 5.75 Å². The molecule has 1 saturated carbocycles. The summed E-state index contributed by atoms with van der Waals surface area (Å²) in [4.78, 5) is 35.0. The first-order valence-electron chi connectivity index (χ1n) is 10.0. The van der Waals surface area contributed by atoms with Crippen molar-refractivity contribution >= 4 is 17.8 Å². The maximum absolute atomic E-state index is 12.3. The van der Waals surface area contributed by atoms with Crippen LogP contribution in [0, 0.1) is 6.92 Å². The normalized spacial score (nSPS) is 17.8. The molecule has 0 bridgehead atoms. The Balaban J connectivity index is 0.000000438. The highest BCUT2D eigenvalue weighted by Gasteiger charge is 2.27. The van der Waals surface area contributed by atoms with E-state index < -0.39 is 11.9 Å². The van der Waals surface area contributed by atoms with Crippen LogP contribution in [0.1, 0.15) is 37.7 Å². The molecule has 0 unspecified atom stereocenters. The predicted molar refractivity (Wildman–Crippen MR) is 107 cm³/mol. The zero-order valence-electron chi connectivity index (χ0n) is 16.9. The van der Waals surface area contributed by atoms with Gasteiger partial charge in [-0.25, -0.2) is 9.59 Å². The summed E-state index contributed by atoms with van der Waals surface area (Å²) >= 11 is 0. The first-order valence-corrected chi connectivity index (χ1v) is 10.0. The molecule has 0 radical (unpaired) electrons. The van der Waals surface area contributed by atoms with Crippen molar-refractivity contribution in [2.45, 2.75) is 45.1 Å². The monoisotopic (exact) mass is 406 g/mol. The number of amides is 1. The number of rotatable bonds is 4. The number of nitrogens with zero attached hydrogens (tertiary/aromatic N) is 2. The molecule has 2 fully saturated rings. The average molecular weight is 406 g/mol. The Morgan fingerprint density at radius 3 is 2.00 bits per heavy atom. The van der Waals surface area contributed by atoms with Crippen LogP contribution in [-0.2, 0) is 14.4 Å². The van der Waals surface area contributed by atoms with Gasteiger partial charge in [0.05, 0.1) is 0 Å². The number of ether oxygens (including phenoxy) is 1. The minimum Gasteiger partial charge on any atom is -0.484 e. The third-order valence-electron chi connectivity index (χ3n) is 5.32. The predicted octanol–water partition coefficient (Wildman–Crippen LogP) is 2.01. The van der Waals surface area contributed by atoms with Crippen LogP contribution >= 0.6 is 0 Å². The molecule has 0 atom stereocenters. The van der Waals surface area contributed by atoms with Gasteiger partial charge in [-0.3, -0.25) is 9.69 Å². The summed E-state index contributed by atoms with van der Waals surface area (Å²) < 4.78 is 5.61. The third kappa shape index (κ3) is 7.73. The van der Waals surface area contributed by atoms with Gasteiger partial charge in [0, 0.05) is 32.2 Å². The summed E-state index contributed by atoms with van der Waals surface area (Å²) in [7, 11) is 0. The van der Waals surface area contributed by atoms with Crippen LogP contribution in [0.5, 0.6) is 5.75 Å². The van der Waals surface area contributed by atoms with Crippen molar-refractivity contribution in [1.82, 2.24) is 9.80 Å². The molecule has 1 aliphatic carbocycles. The zero-order valence-corrected chi connectivity index (χ0v) is 16.9. The second-order valence-corrected chi connectivity index (χ2v) is 7.42. The number of carbonyl (C=O) groups is 3. The van der Waals surface area contributed by atoms with Gasteiger partial charge in [0.1, 0.15) is 5.75 Å². The van der Waals surface area contributed by atoms with Gasteiger partial charge in [-0.1, -0.05) is 37.0 Å². The first kappa shape index (κ1) is 22.7. The van der Waals surface area contributed by atoms with E-state index in [-0.39, 0.29) is 12.5 Å². The minimum atomic E-state index is -1.82. The smallest absolute Gasteiger partial charge is 0.414 e. The molecule has 1 amide bonds. The molecule has 8 heteroatoms. The van der Waals surface area contributed by atoms with E-state index in [0.29, 0.717) is 0 Å². The Hall–Kier alpha value is -2.61. The van der Waals surface area contributed by atoms with E-state index in [4.69, 9.17) is 24.5 Å². The lowest BCUT2D eigenvalue weighted by molar-refractivity contribution is -0.159. The number of aryl methyl sites for hydroxylation is 1. The number of benzene rings is 1. The SMILES string of the molecule is Cc1ccc(OCC(=O)N2CCN(C3CCCCC3)CC2)cc1.O=C(O)C(=O)O. The number of hydrogen-bond donors (Lipinski definition) is 2. The standard InChI is InChI=1S/C19H28N2O2.C2H2O4/c1-16-7-9-18(10-8-16)23-15-19(22)21-13-11-20(12-14-21)17-5-3-2-4-6-17;3-1(4)2(5)6/h7-10,17H,2-6,11-15H2,1H3;(H,3,4)(H,5,6). The Morgan fingerprint density at radius 2 is 1.48 bits per heavy atom. The molecule has 2 N–H and O–H groups in total. The molecule has 3 rings (SSSR count). The summed E-state index contributed by atoms with van der Waals surface area (Å²) in [5.41, 5.74) is 1.20. The van der Waals surface area contributed by atoms with E-state index in [1.165, 1.54) is 37.7 Å². The molecule has 1 heterocycles. The second kappa shape index (κ2) is 11.4. The first-order chi connectivity index (χ1) is 13.9. The van der Waals surface area contributed by atoms with Crippen LogP contribution < -0.4 is 4.74 Å². The Labute approximate surface area is 171 Å². The fourth-order valence-corrected chi connectivity index (χ4v) is 3.65. The quantitative estimate of drug-likeness (QED) is 0.737. The molecule has 1 aromatic rings. The van der Waals surface area contributed by atoms with Gasteiger partial charge in [0.15, 0.2) is 6.61 Å². The van der Waals surface area contributed by atoms with Crippen molar-refractivity contribution in [1.29, 1.82) is 0 Å².